The average molecular weight is 504 g/mol. The van der Waals surface area contributed by atoms with E-state index in [0.717, 1.165) is 6.07 Å². The number of halogens is 2. The minimum Gasteiger partial charge on any atom is -0.495 e. The lowest BCUT2D eigenvalue weighted by Crippen LogP contribution is -2.20. The third-order valence-electron chi connectivity index (χ3n) is 4.60. The molecule has 0 saturated carbocycles. The highest BCUT2D eigenvalue weighted by atomic mass is 35.5. The molecule has 3 aromatic rings. The average Bonchev–Trinajstić information content (AvgIpc) is 2.80. The second-order valence-electron chi connectivity index (χ2n) is 6.77. The first-order valence-corrected chi connectivity index (χ1v) is 10.4. The standard InChI is InChI=1S/C23H19ClFN3O5S/c1-32-19-11-20(33-2)18(10-15(19)24)28-23(34)26-12-7-8-17(14(9-12)22(30)31)27-21(29)13-5-3-4-6-16(13)25/h3-11H,1-2H3,(H,27,29)(H,30,31)(H2,26,28,34). The summed E-state index contributed by atoms with van der Waals surface area (Å²) in [5.41, 5.74) is 0.352. The second-order valence-corrected chi connectivity index (χ2v) is 7.58. The molecule has 0 aromatic heterocycles. The van der Waals surface area contributed by atoms with E-state index in [4.69, 9.17) is 33.3 Å². The van der Waals surface area contributed by atoms with E-state index in [-0.39, 0.29) is 21.9 Å². The van der Waals surface area contributed by atoms with E-state index < -0.39 is 17.7 Å². The molecule has 0 unspecified atom stereocenters. The molecule has 0 spiro atoms. The van der Waals surface area contributed by atoms with Gasteiger partial charge in [0.25, 0.3) is 5.91 Å². The highest BCUT2D eigenvalue weighted by Gasteiger charge is 2.17. The molecule has 0 heterocycles. The van der Waals surface area contributed by atoms with Crippen LogP contribution in [0.3, 0.4) is 0 Å². The fourth-order valence-corrected chi connectivity index (χ4v) is 3.45. The van der Waals surface area contributed by atoms with Crippen molar-refractivity contribution < 1.29 is 28.6 Å². The van der Waals surface area contributed by atoms with Crippen LogP contribution < -0.4 is 25.4 Å². The summed E-state index contributed by atoms with van der Waals surface area (Å²) in [4.78, 5) is 24.2. The van der Waals surface area contributed by atoms with Crippen molar-refractivity contribution in [3.8, 4) is 11.5 Å². The Labute approximate surface area is 204 Å². The maximum Gasteiger partial charge on any atom is 0.337 e. The van der Waals surface area contributed by atoms with Gasteiger partial charge < -0.3 is 30.5 Å². The van der Waals surface area contributed by atoms with Gasteiger partial charge in [-0.3, -0.25) is 4.79 Å². The van der Waals surface area contributed by atoms with Crippen LogP contribution in [0.15, 0.2) is 54.6 Å². The van der Waals surface area contributed by atoms with Crippen LogP contribution in [0.25, 0.3) is 0 Å². The van der Waals surface area contributed by atoms with Gasteiger partial charge in [-0.05, 0) is 48.6 Å². The summed E-state index contributed by atoms with van der Waals surface area (Å²) in [5, 5.41) is 18.3. The number of hydrogen-bond acceptors (Lipinski definition) is 5. The third-order valence-corrected chi connectivity index (χ3v) is 5.10. The van der Waals surface area contributed by atoms with Crippen LogP contribution in [0.4, 0.5) is 21.5 Å². The van der Waals surface area contributed by atoms with Gasteiger partial charge in [0.2, 0.25) is 0 Å². The summed E-state index contributed by atoms with van der Waals surface area (Å²) < 4.78 is 24.3. The summed E-state index contributed by atoms with van der Waals surface area (Å²) in [6.45, 7) is 0. The van der Waals surface area contributed by atoms with Gasteiger partial charge in [-0.2, -0.15) is 0 Å². The molecule has 3 aromatic carbocycles. The number of carbonyl (C=O) groups is 2. The Hall–Kier alpha value is -3.89. The normalized spacial score (nSPS) is 10.2. The molecule has 0 aliphatic carbocycles. The Bertz CT molecular complexity index is 1270. The lowest BCUT2D eigenvalue weighted by atomic mass is 10.1. The largest absolute Gasteiger partial charge is 0.495 e. The molecule has 3 rings (SSSR count). The minimum atomic E-state index is -1.30. The van der Waals surface area contributed by atoms with Crippen LogP contribution in [-0.4, -0.2) is 36.3 Å². The number of methoxy groups -OCH3 is 2. The van der Waals surface area contributed by atoms with E-state index in [9.17, 15) is 19.1 Å². The maximum absolute atomic E-state index is 13.9. The minimum absolute atomic E-state index is 0.00575. The highest BCUT2D eigenvalue weighted by Crippen LogP contribution is 2.36. The smallest absolute Gasteiger partial charge is 0.337 e. The number of amides is 1. The summed E-state index contributed by atoms with van der Waals surface area (Å²) in [6.07, 6.45) is 0. The molecule has 34 heavy (non-hydrogen) atoms. The highest BCUT2D eigenvalue weighted by molar-refractivity contribution is 7.80. The summed E-state index contributed by atoms with van der Waals surface area (Å²) >= 11 is 11.5. The second kappa shape index (κ2) is 10.8. The predicted octanol–water partition coefficient (Wildman–Crippen LogP) is 5.26. The van der Waals surface area contributed by atoms with E-state index in [1.807, 2.05) is 0 Å². The molecule has 8 nitrogen and oxygen atoms in total. The first kappa shape index (κ1) is 24.7. The number of anilines is 3. The molecule has 0 radical (unpaired) electrons. The molecule has 11 heteroatoms. The van der Waals surface area contributed by atoms with Crippen molar-refractivity contribution in [2.24, 2.45) is 0 Å². The quantitative estimate of drug-likeness (QED) is 0.323. The van der Waals surface area contributed by atoms with Gasteiger partial charge in [0, 0.05) is 11.8 Å². The number of thiocarbonyl (C=S) groups is 1. The third kappa shape index (κ3) is 5.72. The van der Waals surface area contributed by atoms with E-state index in [1.54, 1.807) is 12.1 Å². The fourth-order valence-electron chi connectivity index (χ4n) is 2.99. The summed E-state index contributed by atoms with van der Waals surface area (Å²) in [5.74, 6) is -1.96. The van der Waals surface area contributed by atoms with Gasteiger partial charge >= 0.3 is 5.97 Å². The van der Waals surface area contributed by atoms with E-state index in [0.29, 0.717) is 27.9 Å². The van der Waals surface area contributed by atoms with Crippen molar-refractivity contribution in [1.82, 2.24) is 0 Å². The Morgan fingerprint density at radius 2 is 1.62 bits per heavy atom. The molecular formula is C23H19ClFN3O5S. The van der Waals surface area contributed by atoms with Crippen LogP contribution in [0, 0.1) is 5.82 Å². The maximum atomic E-state index is 13.9. The van der Waals surface area contributed by atoms with Crippen LogP contribution in [-0.2, 0) is 0 Å². The lowest BCUT2D eigenvalue weighted by Gasteiger charge is -2.16. The Balaban J connectivity index is 1.78. The van der Waals surface area contributed by atoms with Crippen LogP contribution in [0.2, 0.25) is 5.02 Å². The Morgan fingerprint density at radius 1 is 0.912 bits per heavy atom. The topological polar surface area (TPSA) is 109 Å². The zero-order valence-electron chi connectivity index (χ0n) is 17.9. The molecule has 0 fully saturated rings. The Morgan fingerprint density at radius 3 is 2.26 bits per heavy atom. The molecule has 1 amide bonds. The van der Waals surface area contributed by atoms with Crippen molar-refractivity contribution in [2.75, 3.05) is 30.2 Å². The van der Waals surface area contributed by atoms with E-state index >= 15 is 0 Å². The van der Waals surface area contributed by atoms with Gasteiger partial charge in [0.1, 0.15) is 17.3 Å². The predicted molar refractivity (Wildman–Crippen MR) is 132 cm³/mol. The van der Waals surface area contributed by atoms with E-state index in [1.165, 1.54) is 50.6 Å². The zero-order valence-corrected chi connectivity index (χ0v) is 19.5. The summed E-state index contributed by atoms with van der Waals surface area (Å²) in [7, 11) is 2.94. The molecule has 0 saturated heterocycles. The number of nitrogens with one attached hydrogen (secondary N) is 3. The number of carbonyl (C=O) groups excluding carboxylic acids is 1. The SMILES string of the molecule is COc1cc(OC)c(NC(=S)Nc2ccc(NC(=O)c3ccccc3F)c(C(=O)O)c2)cc1Cl. The number of rotatable bonds is 7. The van der Waals surface area contributed by atoms with E-state index in [2.05, 4.69) is 16.0 Å². The van der Waals surface area contributed by atoms with Gasteiger partial charge in [-0.1, -0.05) is 23.7 Å². The van der Waals surface area contributed by atoms with Crippen molar-refractivity contribution in [3.05, 3.63) is 76.6 Å². The number of ether oxygens (including phenoxy) is 2. The van der Waals surface area contributed by atoms with Gasteiger partial charge in [-0.25, -0.2) is 9.18 Å². The van der Waals surface area contributed by atoms with Gasteiger partial charge in [-0.15, -0.1) is 0 Å². The van der Waals surface area contributed by atoms with Crippen LogP contribution in [0.1, 0.15) is 20.7 Å². The Kier molecular flexibility index (Phi) is 7.87. The number of carboxylic acids is 1. The molecular weight excluding hydrogens is 485 g/mol. The molecule has 0 bridgehead atoms. The zero-order chi connectivity index (χ0) is 24.8. The first-order chi connectivity index (χ1) is 16.2. The number of hydrogen-bond donors (Lipinski definition) is 4. The van der Waals surface area contributed by atoms with Crippen LogP contribution in [0.5, 0.6) is 11.5 Å². The molecule has 0 atom stereocenters. The molecule has 0 aliphatic heterocycles. The van der Waals surface area contributed by atoms with Crippen molar-refractivity contribution in [1.29, 1.82) is 0 Å². The van der Waals surface area contributed by atoms with Crippen molar-refractivity contribution >= 4 is 57.9 Å². The van der Waals surface area contributed by atoms with Crippen LogP contribution >= 0.6 is 23.8 Å². The lowest BCUT2D eigenvalue weighted by molar-refractivity contribution is 0.0698. The van der Waals surface area contributed by atoms with Crippen molar-refractivity contribution in [3.63, 3.8) is 0 Å². The van der Waals surface area contributed by atoms with Crippen molar-refractivity contribution in [2.45, 2.75) is 0 Å². The summed E-state index contributed by atoms with van der Waals surface area (Å²) in [6, 6.07) is 12.7. The number of carboxylic acid groups (broad SMARTS) is 1. The number of aromatic carboxylic acids is 1. The molecule has 0 aliphatic rings. The van der Waals surface area contributed by atoms with Gasteiger partial charge in [0.15, 0.2) is 5.11 Å². The monoisotopic (exact) mass is 503 g/mol. The number of benzene rings is 3. The molecule has 4 N–H and O–H groups in total. The van der Waals surface area contributed by atoms with Gasteiger partial charge in [0.05, 0.1) is 41.7 Å². The molecule has 176 valence electrons. The first-order valence-electron chi connectivity index (χ1n) is 9.66. The fraction of sp³-hybridized carbons (Fsp3) is 0.0870.